The van der Waals surface area contributed by atoms with Gasteiger partial charge in [0.15, 0.2) is 0 Å². The maximum absolute atomic E-state index is 12.0. The average molecular weight is 253 g/mol. The normalized spacial score (nSPS) is 11.4. The molecular weight excluding hydrogens is 234 g/mol. The fraction of sp³-hybridized carbons (Fsp3) is 0.462. The van der Waals surface area contributed by atoms with Crippen molar-refractivity contribution in [3.05, 3.63) is 29.8 Å². The van der Waals surface area contributed by atoms with Gasteiger partial charge in [-0.3, -0.25) is 4.79 Å². The van der Waals surface area contributed by atoms with Crippen LogP contribution in [0.3, 0.4) is 0 Å². The molecule has 1 aromatic rings. The molecule has 4 heteroatoms. The van der Waals surface area contributed by atoms with Gasteiger partial charge in [-0.05, 0) is 44.4 Å². The van der Waals surface area contributed by atoms with E-state index in [1.807, 2.05) is 30.5 Å². The molecular formula is C13H19NO2S. The van der Waals surface area contributed by atoms with Gasteiger partial charge in [-0.1, -0.05) is 0 Å². The number of thioether (sulfide) groups is 1. The van der Waals surface area contributed by atoms with Gasteiger partial charge in [0.05, 0.1) is 5.60 Å². The monoisotopic (exact) mass is 253 g/mol. The molecule has 0 fully saturated rings. The minimum Gasteiger partial charge on any atom is -0.389 e. The highest BCUT2D eigenvalue weighted by Crippen LogP contribution is 2.16. The van der Waals surface area contributed by atoms with Crippen molar-refractivity contribution in [1.29, 1.82) is 0 Å². The number of carbonyl (C=O) groups excluding carboxylic acids is 1. The van der Waals surface area contributed by atoms with Gasteiger partial charge in [0.1, 0.15) is 0 Å². The maximum Gasteiger partial charge on any atom is 0.253 e. The van der Waals surface area contributed by atoms with E-state index in [2.05, 4.69) is 0 Å². The Morgan fingerprint density at radius 2 is 1.88 bits per heavy atom. The molecule has 3 nitrogen and oxygen atoms in total. The molecule has 94 valence electrons. The lowest BCUT2D eigenvalue weighted by Crippen LogP contribution is -2.39. The second kappa shape index (κ2) is 5.56. The number of aliphatic hydroxyl groups is 1. The number of carbonyl (C=O) groups is 1. The number of amides is 1. The Balaban J connectivity index is 2.75. The third-order valence-corrected chi connectivity index (χ3v) is 3.05. The van der Waals surface area contributed by atoms with Gasteiger partial charge in [0, 0.05) is 24.1 Å². The summed E-state index contributed by atoms with van der Waals surface area (Å²) in [5.74, 6) is -0.0696. The minimum atomic E-state index is -0.871. The molecule has 1 rings (SSSR count). The number of likely N-dealkylation sites (N-methyl/N-ethyl adjacent to an activating group) is 1. The van der Waals surface area contributed by atoms with Crippen molar-refractivity contribution in [2.75, 3.05) is 19.8 Å². The van der Waals surface area contributed by atoms with E-state index in [1.165, 1.54) is 4.90 Å². The highest BCUT2D eigenvalue weighted by Gasteiger charge is 2.20. The highest BCUT2D eigenvalue weighted by atomic mass is 32.2. The number of hydrogen-bond donors (Lipinski definition) is 1. The molecule has 17 heavy (non-hydrogen) atoms. The van der Waals surface area contributed by atoms with Gasteiger partial charge < -0.3 is 10.0 Å². The first kappa shape index (κ1) is 14.1. The van der Waals surface area contributed by atoms with Crippen LogP contribution < -0.4 is 0 Å². The zero-order chi connectivity index (χ0) is 13.1. The number of nitrogens with zero attached hydrogens (tertiary/aromatic N) is 1. The third-order valence-electron chi connectivity index (χ3n) is 2.31. The first-order valence-electron chi connectivity index (χ1n) is 5.45. The first-order chi connectivity index (χ1) is 7.83. The van der Waals surface area contributed by atoms with E-state index in [4.69, 9.17) is 0 Å². The van der Waals surface area contributed by atoms with Crippen molar-refractivity contribution >= 4 is 17.7 Å². The van der Waals surface area contributed by atoms with E-state index < -0.39 is 5.60 Å². The zero-order valence-corrected chi connectivity index (χ0v) is 11.5. The molecule has 0 heterocycles. The molecule has 0 aliphatic rings. The van der Waals surface area contributed by atoms with Crippen LogP contribution >= 0.6 is 11.8 Å². The summed E-state index contributed by atoms with van der Waals surface area (Å²) in [4.78, 5) is 14.7. The third kappa shape index (κ3) is 4.40. The predicted octanol–water partition coefficient (Wildman–Crippen LogP) is 2.25. The quantitative estimate of drug-likeness (QED) is 0.837. The Kier molecular flexibility index (Phi) is 4.60. The topological polar surface area (TPSA) is 40.5 Å². The van der Waals surface area contributed by atoms with Crippen molar-refractivity contribution in [2.24, 2.45) is 0 Å². The Morgan fingerprint density at radius 1 is 1.35 bits per heavy atom. The van der Waals surface area contributed by atoms with Gasteiger partial charge in [0.2, 0.25) is 0 Å². The summed E-state index contributed by atoms with van der Waals surface area (Å²) in [6, 6.07) is 7.48. The number of hydrogen-bond acceptors (Lipinski definition) is 3. The van der Waals surface area contributed by atoms with Crippen LogP contribution in [0.2, 0.25) is 0 Å². The summed E-state index contributed by atoms with van der Waals surface area (Å²) in [6.45, 7) is 3.69. The molecule has 0 aliphatic heterocycles. The number of benzene rings is 1. The fourth-order valence-electron chi connectivity index (χ4n) is 1.61. The molecule has 0 aliphatic carbocycles. The molecule has 0 atom stereocenters. The van der Waals surface area contributed by atoms with Crippen LogP contribution in [0.1, 0.15) is 24.2 Å². The van der Waals surface area contributed by atoms with Crippen LogP contribution in [0.4, 0.5) is 0 Å². The Bertz CT molecular complexity index is 381. The highest BCUT2D eigenvalue weighted by molar-refractivity contribution is 7.98. The van der Waals surface area contributed by atoms with E-state index in [1.54, 1.807) is 32.7 Å². The zero-order valence-electron chi connectivity index (χ0n) is 10.7. The Morgan fingerprint density at radius 3 is 2.29 bits per heavy atom. The molecule has 0 saturated heterocycles. The first-order valence-corrected chi connectivity index (χ1v) is 6.68. The molecule has 1 aromatic carbocycles. The molecule has 0 radical (unpaired) electrons. The summed E-state index contributed by atoms with van der Waals surface area (Å²) in [5.41, 5.74) is -0.224. The molecule has 0 unspecified atom stereocenters. The summed E-state index contributed by atoms with van der Waals surface area (Å²) in [5, 5.41) is 9.67. The van der Waals surface area contributed by atoms with E-state index in [9.17, 15) is 9.90 Å². The van der Waals surface area contributed by atoms with Crippen molar-refractivity contribution in [2.45, 2.75) is 24.3 Å². The van der Waals surface area contributed by atoms with E-state index in [0.717, 1.165) is 4.90 Å². The van der Waals surface area contributed by atoms with Crippen LogP contribution in [0.25, 0.3) is 0 Å². The Labute approximate surface area is 107 Å². The van der Waals surface area contributed by atoms with Crippen LogP contribution in [0.5, 0.6) is 0 Å². The maximum atomic E-state index is 12.0. The van der Waals surface area contributed by atoms with Gasteiger partial charge in [-0.15, -0.1) is 11.8 Å². The van der Waals surface area contributed by atoms with Crippen molar-refractivity contribution < 1.29 is 9.90 Å². The molecule has 1 amide bonds. The largest absolute Gasteiger partial charge is 0.389 e. The van der Waals surface area contributed by atoms with Crippen LogP contribution in [-0.2, 0) is 0 Å². The van der Waals surface area contributed by atoms with Crippen molar-refractivity contribution in [1.82, 2.24) is 4.90 Å². The van der Waals surface area contributed by atoms with Crippen LogP contribution in [0, 0.1) is 0 Å². The van der Waals surface area contributed by atoms with Gasteiger partial charge in [0.25, 0.3) is 5.91 Å². The summed E-state index contributed by atoms with van der Waals surface area (Å²) in [6.07, 6.45) is 2.00. The van der Waals surface area contributed by atoms with Crippen molar-refractivity contribution in [3.8, 4) is 0 Å². The lowest BCUT2D eigenvalue weighted by atomic mass is 10.1. The lowest BCUT2D eigenvalue weighted by molar-refractivity contribution is 0.0368. The Hall–Kier alpha value is -1.00. The molecule has 0 aromatic heterocycles. The van der Waals surface area contributed by atoms with Gasteiger partial charge >= 0.3 is 0 Å². The van der Waals surface area contributed by atoms with E-state index >= 15 is 0 Å². The summed E-state index contributed by atoms with van der Waals surface area (Å²) < 4.78 is 0. The molecule has 0 saturated carbocycles. The SMILES string of the molecule is CSc1ccc(C(=O)N(C)CC(C)(C)O)cc1. The van der Waals surface area contributed by atoms with Crippen LogP contribution in [-0.4, -0.2) is 41.4 Å². The lowest BCUT2D eigenvalue weighted by Gasteiger charge is -2.25. The van der Waals surface area contributed by atoms with E-state index in [0.29, 0.717) is 12.1 Å². The standard InChI is InChI=1S/C13H19NO2S/c1-13(2,16)9-14(3)12(15)10-5-7-11(17-4)8-6-10/h5-8,16H,9H2,1-4H3. The smallest absolute Gasteiger partial charge is 0.253 e. The molecule has 0 spiro atoms. The average Bonchev–Trinajstić information content (AvgIpc) is 2.26. The fourth-order valence-corrected chi connectivity index (χ4v) is 2.01. The van der Waals surface area contributed by atoms with Crippen molar-refractivity contribution in [3.63, 3.8) is 0 Å². The minimum absolute atomic E-state index is 0.0696. The second-order valence-electron chi connectivity index (χ2n) is 4.70. The van der Waals surface area contributed by atoms with Gasteiger partial charge in [-0.25, -0.2) is 0 Å². The number of rotatable bonds is 4. The predicted molar refractivity (Wildman–Crippen MR) is 71.5 cm³/mol. The second-order valence-corrected chi connectivity index (χ2v) is 5.58. The summed E-state index contributed by atoms with van der Waals surface area (Å²) in [7, 11) is 1.70. The molecule has 1 N–H and O–H groups in total. The molecule has 0 bridgehead atoms. The summed E-state index contributed by atoms with van der Waals surface area (Å²) >= 11 is 1.64. The van der Waals surface area contributed by atoms with Gasteiger partial charge in [-0.2, -0.15) is 0 Å². The van der Waals surface area contributed by atoms with E-state index in [-0.39, 0.29) is 5.91 Å². The van der Waals surface area contributed by atoms with Crippen LogP contribution in [0.15, 0.2) is 29.2 Å².